The fourth-order valence-electron chi connectivity index (χ4n) is 2.56. The molecule has 2 atom stereocenters. The fraction of sp³-hybridized carbons (Fsp3) is 0.571. The molecule has 2 unspecified atom stereocenters. The van der Waals surface area contributed by atoms with Crippen LogP contribution >= 0.6 is 0 Å². The molecule has 1 N–H and O–H groups in total. The van der Waals surface area contributed by atoms with Crippen molar-refractivity contribution in [1.29, 1.82) is 0 Å². The van der Waals surface area contributed by atoms with Crippen LogP contribution in [-0.2, 0) is 0 Å². The Morgan fingerprint density at radius 2 is 2.12 bits per heavy atom. The highest BCUT2D eigenvalue weighted by molar-refractivity contribution is 5.46. The molecule has 0 aromatic heterocycles. The van der Waals surface area contributed by atoms with Gasteiger partial charge in [-0.25, -0.2) is 0 Å². The fourth-order valence-corrected chi connectivity index (χ4v) is 2.56. The van der Waals surface area contributed by atoms with Crippen LogP contribution in [0.2, 0.25) is 0 Å². The predicted octanol–water partition coefficient (Wildman–Crippen LogP) is 2.98. The van der Waals surface area contributed by atoms with Crippen molar-refractivity contribution in [2.45, 2.75) is 33.7 Å². The Balaban J connectivity index is 2.45. The summed E-state index contributed by atoms with van der Waals surface area (Å²) in [5.41, 5.74) is 3.90. The maximum Gasteiger partial charge on any atom is 0.127 e. The van der Waals surface area contributed by atoms with Crippen LogP contribution in [0, 0.1) is 19.8 Å². The molecule has 1 heterocycles. The average Bonchev–Trinajstić information content (AvgIpc) is 2.22. The van der Waals surface area contributed by atoms with Gasteiger partial charge in [0.05, 0.1) is 6.61 Å². The number of fused-ring (bicyclic) bond motifs is 1. The smallest absolute Gasteiger partial charge is 0.127 e. The highest BCUT2D eigenvalue weighted by atomic mass is 16.5. The van der Waals surface area contributed by atoms with Crippen molar-refractivity contribution in [1.82, 2.24) is 5.32 Å². The number of rotatable bonds is 2. The second-order valence-corrected chi connectivity index (χ2v) is 4.82. The summed E-state index contributed by atoms with van der Waals surface area (Å²) in [4.78, 5) is 0. The normalized spacial score (nSPS) is 23.8. The lowest BCUT2D eigenvalue weighted by molar-refractivity contribution is 0.188. The Hall–Kier alpha value is -1.02. The first-order valence-corrected chi connectivity index (χ1v) is 6.10. The molecule has 0 fully saturated rings. The van der Waals surface area contributed by atoms with Gasteiger partial charge in [-0.1, -0.05) is 31.5 Å². The summed E-state index contributed by atoms with van der Waals surface area (Å²) < 4.78 is 5.86. The highest BCUT2D eigenvalue weighted by Gasteiger charge is 2.28. The molecule has 88 valence electrons. The topological polar surface area (TPSA) is 21.3 Å². The van der Waals surface area contributed by atoms with Gasteiger partial charge in [-0.15, -0.1) is 0 Å². The van der Waals surface area contributed by atoms with Gasteiger partial charge in [0.15, 0.2) is 0 Å². The molecule has 0 bridgehead atoms. The monoisotopic (exact) mass is 219 g/mol. The van der Waals surface area contributed by atoms with Gasteiger partial charge in [0.1, 0.15) is 5.75 Å². The number of hydrogen-bond donors (Lipinski definition) is 1. The molecule has 0 saturated carbocycles. The van der Waals surface area contributed by atoms with E-state index in [1.165, 1.54) is 16.7 Å². The number of ether oxygens (including phenoxy) is 1. The second-order valence-electron chi connectivity index (χ2n) is 4.82. The van der Waals surface area contributed by atoms with Crippen molar-refractivity contribution >= 4 is 0 Å². The van der Waals surface area contributed by atoms with Crippen LogP contribution in [0.25, 0.3) is 0 Å². The van der Waals surface area contributed by atoms with Crippen molar-refractivity contribution < 1.29 is 4.74 Å². The Labute approximate surface area is 98.0 Å². The number of hydrogen-bond acceptors (Lipinski definition) is 2. The summed E-state index contributed by atoms with van der Waals surface area (Å²) in [6, 6.07) is 4.88. The molecular formula is C14H21NO. The van der Waals surface area contributed by atoms with Gasteiger partial charge in [-0.2, -0.15) is 0 Å². The molecule has 1 aromatic rings. The van der Waals surface area contributed by atoms with Crippen LogP contribution in [0.3, 0.4) is 0 Å². The lowest BCUT2D eigenvalue weighted by Gasteiger charge is -2.33. The van der Waals surface area contributed by atoms with Crippen molar-refractivity contribution in [3.8, 4) is 5.75 Å². The molecule has 16 heavy (non-hydrogen) atoms. The summed E-state index contributed by atoms with van der Waals surface area (Å²) in [5, 5.41) is 3.56. The van der Waals surface area contributed by atoms with E-state index in [-0.39, 0.29) is 0 Å². The largest absolute Gasteiger partial charge is 0.493 e. The highest BCUT2D eigenvalue weighted by Crippen LogP contribution is 2.38. The van der Waals surface area contributed by atoms with Crippen molar-refractivity contribution in [3.05, 3.63) is 28.8 Å². The lowest BCUT2D eigenvalue weighted by Crippen LogP contribution is -2.34. The molecule has 0 spiro atoms. The lowest BCUT2D eigenvalue weighted by atomic mass is 9.89. The third kappa shape index (κ3) is 1.94. The van der Waals surface area contributed by atoms with E-state index in [1.807, 2.05) is 0 Å². The first-order chi connectivity index (χ1) is 7.63. The maximum absolute atomic E-state index is 5.86. The molecule has 1 aliphatic heterocycles. The van der Waals surface area contributed by atoms with E-state index in [9.17, 15) is 0 Å². The molecule has 1 aliphatic rings. The Morgan fingerprint density at radius 3 is 2.81 bits per heavy atom. The summed E-state index contributed by atoms with van der Waals surface area (Å²) >= 11 is 0. The van der Waals surface area contributed by atoms with Crippen LogP contribution in [0.4, 0.5) is 0 Å². The Morgan fingerprint density at radius 1 is 1.38 bits per heavy atom. The molecule has 2 nitrogen and oxygen atoms in total. The van der Waals surface area contributed by atoms with Gasteiger partial charge >= 0.3 is 0 Å². The summed E-state index contributed by atoms with van der Waals surface area (Å²) in [5.74, 6) is 1.63. The van der Waals surface area contributed by atoms with Crippen molar-refractivity contribution in [2.75, 3.05) is 13.2 Å². The standard InChI is InChI=1S/C14H21NO/c1-5-15-13-11(4)8-16-14-10(3)6-9(2)7-12(13)14/h6-7,11,13,15H,5,8H2,1-4H3. The van der Waals surface area contributed by atoms with Crippen LogP contribution in [0.15, 0.2) is 12.1 Å². The summed E-state index contributed by atoms with van der Waals surface area (Å²) in [7, 11) is 0. The minimum absolute atomic E-state index is 0.437. The first-order valence-electron chi connectivity index (χ1n) is 6.10. The van der Waals surface area contributed by atoms with E-state index in [2.05, 4.69) is 45.1 Å². The van der Waals surface area contributed by atoms with Crippen LogP contribution in [0.5, 0.6) is 5.75 Å². The molecule has 0 amide bonds. The van der Waals surface area contributed by atoms with Gasteiger partial charge in [0.2, 0.25) is 0 Å². The van der Waals surface area contributed by atoms with Crippen molar-refractivity contribution in [2.24, 2.45) is 5.92 Å². The third-order valence-corrected chi connectivity index (χ3v) is 3.27. The zero-order valence-corrected chi connectivity index (χ0v) is 10.6. The molecule has 2 rings (SSSR count). The Bertz CT molecular complexity index is 387. The van der Waals surface area contributed by atoms with Gasteiger partial charge in [0.25, 0.3) is 0 Å². The molecule has 1 aromatic carbocycles. The zero-order chi connectivity index (χ0) is 11.7. The Kier molecular flexibility index (Phi) is 3.20. The first kappa shape index (κ1) is 11.5. The SMILES string of the molecule is CCNC1c2cc(C)cc(C)c2OCC1C. The molecule has 2 heteroatoms. The minimum atomic E-state index is 0.437. The molecular weight excluding hydrogens is 198 g/mol. The second kappa shape index (κ2) is 4.46. The van der Waals surface area contributed by atoms with E-state index >= 15 is 0 Å². The van der Waals surface area contributed by atoms with Gasteiger partial charge in [-0.3, -0.25) is 0 Å². The van der Waals surface area contributed by atoms with Crippen LogP contribution in [-0.4, -0.2) is 13.2 Å². The minimum Gasteiger partial charge on any atom is -0.493 e. The number of benzene rings is 1. The van der Waals surface area contributed by atoms with Crippen LogP contribution < -0.4 is 10.1 Å². The van der Waals surface area contributed by atoms with E-state index in [0.717, 1.165) is 18.9 Å². The van der Waals surface area contributed by atoms with E-state index in [0.29, 0.717) is 12.0 Å². The van der Waals surface area contributed by atoms with E-state index < -0.39 is 0 Å². The maximum atomic E-state index is 5.86. The summed E-state index contributed by atoms with van der Waals surface area (Å²) in [6.07, 6.45) is 0. The average molecular weight is 219 g/mol. The van der Waals surface area contributed by atoms with Gasteiger partial charge in [-0.05, 0) is 26.0 Å². The third-order valence-electron chi connectivity index (χ3n) is 3.27. The van der Waals surface area contributed by atoms with E-state index in [1.54, 1.807) is 0 Å². The number of nitrogens with one attached hydrogen (secondary N) is 1. The summed E-state index contributed by atoms with van der Waals surface area (Å²) in [6.45, 7) is 10.5. The zero-order valence-electron chi connectivity index (χ0n) is 10.6. The van der Waals surface area contributed by atoms with Crippen LogP contribution in [0.1, 0.15) is 36.6 Å². The molecule has 0 radical (unpaired) electrons. The van der Waals surface area contributed by atoms with E-state index in [4.69, 9.17) is 4.74 Å². The van der Waals surface area contributed by atoms with Gasteiger partial charge in [0, 0.05) is 17.5 Å². The predicted molar refractivity (Wildman–Crippen MR) is 67.0 cm³/mol. The number of aryl methyl sites for hydroxylation is 2. The molecule has 0 saturated heterocycles. The quantitative estimate of drug-likeness (QED) is 0.825. The van der Waals surface area contributed by atoms with Crippen molar-refractivity contribution in [3.63, 3.8) is 0 Å². The molecule has 0 aliphatic carbocycles. The van der Waals surface area contributed by atoms with Gasteiger partial charge < -0.3 is 10.1 Å².